The second-order valence-corrected chi connectivity index (χ2v) is 8.68. The summed E-state index contributed by atoms with van der Waals surface area (Å²) in [4.78, 5) is 37.7. The fourth-order valence-electron chi connectivity index (χ4n) is 4.15. The third-order valence-corrected chi connectivity index (χ3v) is 5.96. The van der Waals surface area contributed by atoms with E-state index in [1.54, 1.807) is 19.9 Å². The first kappa shape index (κ1) is 24.6. The third kappa shape index (κ3) is 6.92. The molecule has 0 spiro atoms. The largest absolute Gasteiger partial charge is 0.480 e. The van der Waals surface area contributed by atoms with Gasteiger partial charge in [-0.3, -0.25) is 4.79 Å². The van der Waals surface area contributed by atoms with Crippen molar-refractivity contribution in [2.75, 3.05) is 20.1 Å². The molecular weight excluding hydrogens is 396 g/mol. The number of nitrogens with zero attached hydrogens (tertiary/aromatic N) is 1. The number of hydrogen-bond donors (Lipinski definition) is 2. The number of hydrogen-bond acceptors (Lipinski definition) is 5. The van der Waals surface area contributed by atoms with Gasteiger partial charge in [-0.15, -0.1) is 0 Å². The van der Waals surface area contributed by atoms with E-state index in [0.717, 1.165) is 50.1 Å². The molecule has 1 amide bonds. The van der Waals surface area contributed by atoms with Crippen LogP contribution in [0.1, 0.15) is 52.0 Å². The lowest BCUT2D eigenvalue weighted by molar-refractivity contribution is -0.142. The summed E-state index contributed by atoms with van der Waals surface area (Å²) in [6.07, 6.45) is 6.43. The molecule has 2 atom stereocenters. The molecule has 1 aromatic carbocycles. The van der Waals surface area contributed by atoms with E-state index in [-0.39, 0.29) is 11.3 Å². The van der Waals surface area contributed by atoms with Crippen LogP contribution in [-0.2, 0) is 19.8 Å². The Morgan fingerprint density at radius 1 is 1.26 bits per heavy atom. The van der Waals surface area contributed by atoms with Crippen molar-refractivity contribution in [3.63, 3.8) is 0 Å². The van der Waals surface area contributed by atoms with E-state index in [0.29, 0.717) is 5.75 Å². The van der Waals surface area contributed by atoms with E-state index in [4.69, 9.17) is 9.84 Å². The van der Waals surface area contributed by atoms with Gasteiger partial charge in [0.2, 0.25) is 5.91 Å². The van der Waals surface area contributed by atoms with E-state index in [2.05, 4.69) is 30.3 Å². The second-order valence-electron chi connectivity index (χ2n) is 8.68. The van der Waals surface area contributed by atoms with Gasteiger partial charge in [-0.05, 0) is 56.5 Å². The number of aliphatic carboxylic acids is 1. The highest BCUT2D eigenvalue weighted by Gasteiger charge is 2.33. The molecule has 0 aromatic heterocycles. The number of likely N-dealkylation sites (tertiary alicyclic amines) is 1. The van der Waals surface area contributed by atoms with Crippen LogP contribution >= 0.6 is 0 Å². The van der Waals surface area contributed by atoms with Crippen LogP contribution in [0.3, 0.4) is 0 Å². The molecule has 1 unspecified atom stereocenters. The van der Waals surface area contributed by atoms with E-state index in [9.17, 15) is 14.4 Å². The summed E-state index contributed by atoms with van der Waals surface area (Å²) in [6, 6.07) is 6.58. The molecule has 0 saturated carbocycles. The van der Waals surface area contributed by atoms with Gasteiger partial charge in [0.1, 0.15) is 11.8 Å². The van der Waals surface area contributed by atoms with Crippen molar-refractivity contribution in [2.24, 2.45) is 5.92 Å². The van der Waals surface area contributed by atoms with Crippen LogP contribution < -0.4 is 10.1 Å². The number of ether oxygens (including phenoxy) is 1. The predicted octanol–water partition coefficient (Wildman–Crippen LogP) is 3.14. The van der Waals surface area contributed by atoms with Gasteiger partial charge >= 0.3 is 11.9 Å². The number of carboxylic acids is 1. The van der Waals surface area contributed by atoms with Crippen molar-refractivity contribution in [3.05, 3.63) is 42.0 Å². The molecule has 7 nitrogen and oxygen atoms in total. The summed E-state index contributed by atoms with van der Waals surface area (Å²) in [5.41, 5.74) is 1.17. The Labute approximate surface area is 184 Å². The Morgan fingerprint density at radius 3 is 2.65 bits per heavy atom. The van der Waals surface area contributed by atoms with Crippen molar-refractivity contribution in [1.29, 1.82) is 0 Å². The molecule has 1 fully saturated rings. The number of nitrogens with one attached hydrogen (secondary N) is 1. The summed E-state index contributed by atoms with van der Waals surface area (Å²) in [7, 11) is 2.14. The highest BCUT2D eigenvalue weighted by molar-refractivity contribution is 5.96. The van der Waals surface area contributed by atoms with Crippen molar-refractivity contribution < 1.29 is 24.2 Å². The van der Waals surface area contributed by atoms with E-state index in [1.807, 2.05) is 12.1 Å². The summed E-state index contributed by atoms with van der Waals surface area (Å²) in [6.45, 7) is 7.63. The normalized spacial score (nSPS) is 20.9. The topological polar surface area (TPSA) is 95.9 Å². The van der Waals surface area contributed by atoms with Gasteiger partial charge in [0.15, 0.2) is 0 Å². The number of rotatable bonds is 8. The Balaban J connectivity index is 2.06. The average molecular weight is 431 g/mol. The van der Waals surface area contributed by atoms with Gasteiger partial charge in [-0.2, -0.15) is 0 Å². The first-order chi connectivity index (χ1) is 14.7. The van der Waals surface area contributed by atoms with Gasteiger partial charge in [0.05, 0.1) is 0 Å². The quantitative estimate of drug-likeness (QED) is 0.374. The molecule has 2 N–H and O–H groups in total. The third-order valence-electron chi connectivity index (χ3n) is 5.96. The van der Waals surface area contributed by atoms with E-state index in [1.165, 1.54) is 6.42 Å². The smallest absolute Gasteiger partial charge is 0.336 e. The summed E-state index contributed by atoms with van der Waals surface area (Å²) in [5, 5.41) is 11.5. The van der Waals surface area contributed by atoms with Crippen molar-refractivity contribution in [1.82, 2.24) is 10.2 Å². The maximum Gasteiger partial charge on any atom is 0.336 e. The molecule has 0 aliphatic carbocycles. The highest BCUT2D eigenvalue weighted by Crippen LogP contribution is 2.37. The van der Waals surface area contributed by atoms with Crippen LogP contribution in [0, 0.1) is 5.92 Å². The molecule has 0 bridgehead atoms. The highest BCUT2D eigenvalue weighted by atomic mass is 16.5. The van der Waals surface area contributed by atoms with Crippen LogP contribution in [0.2, 0.25) is 0 Å². The first-order valence-electron chi connectivity index (χ1n) is 10.9. The fourth-order valence-corrected chi connectivity index (χ4v) is 4.15. The molecule has 7 heteroatoms. The molecule has 31 heavy (non-hydrogen) atoms. The first-order valence-corrected chi connectivity index (χ1v) is 10.9. The maximum atomic E-state index is 12.2. The molecule has 1 aromatic rings. The van der Waals surface area contributed by atoms with Crippen LogP contribution in [0.5, 0.6) is 5.75 Å². The molecular formula is C24H34N2O5. The monoisotopic (exact) mass is 430 g/mol. The number of carbonyl (C=O) groups excluding carboxylic acids is 2. The fraction of sp³-hybridized carbons (Fsp3) is 0.542. The molecule has 170 valence electrons. The van der Waals surface area contributed by atoms with Gasteiger partial charge < -0.3 is 20.1 Å². The summed E-state index contributed by atoms with van der Waals surface area (Å²) in [5.74, 6) is -2.31. The molecule has 1 aliphatic heterocycles. The number of carbonyl (C=O) groups is 3. The van der Waals surface area contributed by atoms with Crippen molar-refractivity contribution in [2.45, 2.75) is 57.9 Å². The second kappa shape index (κ2) is 11.1. The average Bonchev–Trinajstić information content (AvgIpc) is 2.92. The Kier molecular flexibility index (Phi) is 8.80. The minimum absolute atomic E-state index is 0.0199. The van der Waals surface area contributed by atoms with Crippen LogP contribution in [-0.4, -0.2) is 54.0 Å². The SMILES string of the molecule is CCC1(c2cccc(OC(=O)/C=C/C(=O)N[C@H](C(=O)O)C(C)C)c2)CCCCN(C)C1. The molecule has 2 rings (SSSR count). The van der Waals surface area contributed by atoms with E-state index >= 15 is 0 Å². The Morgan fingerprint density at radius 2 is 2.00 bits per heavy atom. The van der Waals surface area contributed by atoms with E-state index < -0.39 is 23.9 Å². The summed E-state index contributed by atoms with van der Waals surface area (Å²) < 4.78 is 5.41. The minimum atomic E-state index is -1.12. The van der Waals surface area contributed by atoms with Gasteiger partial charge in [0, 0.05) is 24.1 Å². The number of benzene rings is 1. The Hall–Kier alpha value is -2.67. The van der Waals surface area contributed by atoms with Crippen molar-refractivity contribution in [3.8, 4) is 5.75 Å². The molecule has 1 aliphatic rings. The van der Waals surface area contributed by atoms with Crippen molar-refractivity contribution >= 4 is 17.8 Å². The number of amides is 1. The standard InChI is InChI=1S/C24H34N2O5/c1-5-24(13-6-7-14-26(4)16-24)18-9-8-10-19(15-18)31-21(28)12-11-20(27)25-22(17(2)3)23(29)30/h8-12,15,17,22H,5-7,13-14,16H2,1-4H3,(H,25,27)(H,29,30)/b12-11+/t22-,24?/m0/s1. The minimum Gasteiger partial charge on any atom is -0.480 e. The molecule has 0 radical (unpaired) electrons. The van der Waals surface area contributed by atoms with Gasteiger partial charge in [-0.1, -0.05) is 39.3 Å². The predicted molar refractivity (Wildman–Crippen MR) is 119 cm³/mol. The maximum absolute atomic E-state index is 12.2. The molecule has 1 saturated heterocycles. The zero-order valence-electron chi connectivity index (χ0n) is 18.9. The zero-order chi connectivity index (χ0) is 23.0. The lowest BCUT2D eigenvalue weighted by Crippen LogP contribution is -2.43. The zero-order valence-corrected chi connectivity index (χ0v) is 18.9. The number of likely N-dealkylation sites (N-methyl/N-ethyl adjacent to an activating group) is 1. The van der Waals surface area contributed by atoms with Gasteiger partial charge in [0.25, 0.3) is 0 Å². The lowest BCUT2D eigenvalue weighted by atomic mass is 9.74. The van der Waals surface area contributed by atoms with Crippen LogP contribution in [0.25, 0.3) is 0 Å². The Bertz CT molecular complexity index is 820. The number of carboxylic acid groups (broad SMARTS) is 1. The molecule has 1 heterocycles. The van der Waals surface area contributed by atoms with Gasteiger partial charge in [-0.25, -0.2) is 9.59 Å². The lowest BCUT2D eigenvalue weighted by Gasteiger charge is -2.35. The number of esters is 1. The van der Waals surface area contributed by atoms with Crippen LogP contribution in [0.4, 0.5) is 0 Å². The van der Waals surface area contributed by atoms with Crippen LogP contribution in [0.15, 0.2) is 36.4 Å². The summed E-state index contributed by atoms with van der Waals surface area (Å²) >= 11 is 0.